The van der Waals surface area contributed by atoms with Gasteiger partial charge in [0.05, 0.1) is 29.7 Å². The number of nitriles is 1. The number of ether oxygens (including phenoxy) is 1. The predicted molar refractivity (Wildman–Crippen MR) is 114 cm³/mol. The van der Waals surface area contributed by atoms with E-state index in [2.05, 4.69) is 21.1 Å². The highest BCUT2D eigenvalue weighted by atomic mass is 19.1. The lowest BCUT2D eigenvalue weighted by molar-refractivity contribution is 0.0778. The summed E-state index contributed by atoms with van der Waals surface area (Å²) in [6, 6.07) is 6.01. The molecule has 2 aromatic heterocycles. The molecule has 0 saturated carbocycles. The minimum absolute atomic E-state index is 0.0266. The van der Waals surface area contributed by atoms with Crippen LogP contribution >= 0.6 is 0 Å². The molecule has 1 atom stereocenters. The number of hydrogen-bond acceptors (Lipinski definition) is 7. The molecular weight excluding hydrogens is 413 g/mol. The molecule has 1 aliphatic heterocycles. The van der Waals surface area contributed by atoms with Gasteiger partial charge in [0.2, 0.25) is 0 Å². The molecular formula is C22H22FN7O2. The smallest absolute Gasteiger partial charge is 0.258 e. The van der Waals surface area contributed by atoms with Gasteiger partial charge in [0, 0.05) is 24.2 Å². The summed E-state index contributed by atoms with van der Waals surface area (Å²) in [5, 5.41) is 14.5. The standard InChI is InChI=1S/C22H22FN7O2/c1-11(2)30-18(8-24)19-16-9-26-20(25)21(27-16)32-12(3)15-7-13(23)5-6-14(15)22(31)29(4)10-17(19)28-30/h5-7,9,11-12H,10H2,1-4H3,(H2,25,26)/t12-/m1/s1. The molecule has 9 nitrogen and oxygen atoms in total. The van der Waals surface area contributed by atoms with Crippen molar-refractivity contribution in [1.82, 2.24) is 24.6 Å². The lowest BCUT2D eigenvalue weighted by Gasteiger charge is -2.23. The van der Waals surface area contributed by atoms with Gasteiger partial charge in [0.1, 0.15) is 23.7 Å². The Balaban J connectivity index is 1.99. The quantitative estimate of drug-likeness (QED) is 0.622. The number of carbonyl (C=O) groups excluding carboxylic acids is 1. The molecule has 164 valence electrons. The van der Waals surface area contributed by atoms with Crippen molar-refractivity contribution in [3.63, 3.8) is 0 Å². The van der Waals surface area contributed by atoms with Crippen LogP contribution in [0.3, 0.4) is 0 Å². The van der Waals surface area contributed by atoms with E-state index >= 15 is 0 Å². The van der Waals surface area contributed by atoms with Crippen LogP contribution in [0.4, 0.5) is 10.2 Å². The molecule has 4 rings (SSSR count). The summed E-state index contributed by atoms with van der Waals surface area (Å²) in [7, 11) is 1.62. The molecule has 1 amide bonds. The van der Waals surface area contributed by atoms with Gasteiger partial charge in [-0.1, -0.05) is 0 Å². The first-order chi connectivity index (χ1) is 15.2. The summed E-state index contributed by atoms with van der Waals surface area (Å²) in [5.74, 6) is -0.762. The number of amides is 1. The number of aromatic nitrogens is 4. The van der Waals surface area contributed by atoms with Crippen LogP contribution < -0.4 is 10.5 Å². The monoisotopic (exact) mass is 435 g/mol. The predicted octanol–water partition coefficient (Wildman–Crippen LogP) is 3.24. The largest absolute Gasteiger partial charge is 0.467 e. The molecule has 0 unspecified atom stereocenters. The maximum absolute atomic E-state index is 14.0. The fraction of sp³-hybridized carbons (Fsp3) is 0.318. The van der Waals surface area contributed by atoms with Crippen molar-refractivity contribution in [2.45, 2.75) is 39.5 Å². The van der Waals surface area contributed by atoms with Gasteiger partial charge in [-0.05, 0) is 39.0 Å². The molecule has 1 aliphatic rings. The van der Waals surface area contributed by atoms with Gasteiger partial charge in [0.25, 0.3) is 11.8 Å². The van der Waals surface area contributed by atoms with Gasteiger partial charge >= 0.3 is 0 Å². The zero-order valence-corrected chi connectivity index (χ0v) is 18.1. The molecule has 1 aromatic carbocycles. The fourth-order valence-electron chi connectivity index (χ4n) is 3.73. The first-order valence-electron chi connectivity index (χ1n) is 10.1. The van der Waals surface area contributed by atoms with Gasteiger partial charge in [0.15, 0.2) is 5.82 Å². The van der Waals surface area contributed by atoms with Crippen molar-refractivity contribution in [3.05, 3.63) is 52.7 Å². The second-order valence-electron chi connectivity index (χ2n) is 7.92. The Labute approximate surface area is 184 Å². The minimum Gasteiger partial charge on any atom is -0.467 e. The highest BCUT2D eigenvalue weighted by molar-refractivity contribution is 5.95. The van der Waals surface area contributed by atoms with Crippen LogP contribution in [0.15, 0.2) is 24.4 Å². The number of hydrogen-bond donors (Lipinski definition) is 1. The number of halogens is 1. The Morgan fingerprint density at radius 2 is 2.12 bits per heavy atom. The topological polar surface area (TPSA) is 123 Å². The summed E-state index contributed by atoms with van der Waals surface area (Å²) in [4.78, 5) is 23.4. The molecule has 2 bridgehead atoms. The van der Waals surface area contributed by atoms with Crippen molar-refractivity contribution in [2.24, 2.45) is 0 Å². The van der Waals surface area contributed by atoms with Crippen LogP contribution in [0.25, 0.3) is 11.3 Å². The Bertz CT molecular complexity index is 1260. The van der Waals surface area contributed by atoms with Crippen molar-refractivity contribution in [3.8, 4) is 23.2 Å². The van der Waals surface area contributed by atoms with Gasteiger partial charge in [-0.2, -0.15) is 10.4 Å². The van der Waals surface area contributed by atoms with E-state index in [1.807, 2.05) is 13.8 Å². The normalized spacial score (nSPS) is 15.8. The molecule has 0 spiro atoms. The molecule has 32 heavy (non-hydrogen) atoms. The van der Waals surface area contributed by atoms with E-state index in [1.165, 1.54) is 29.3 Å². The van der Waals surface area contributed by atoms with E-state index in [0.29, 0.717) is 28.2 Å². The van der Waals surface area contributed by atoms with E-state index in [9.17, 15) is 14.4 Å². The molecule has 0 radical (unpaired) electrons. The average Bonchev–Trinajstić information content (AvgIpc) is 3.12. The number of anilines is 1. The zero-order valence-electron chi connectivity index (χ0n) is 18.1. The number of fused-ring (bicyclic) bond motifs is 5. The van der Waals surface area contributed by atoms with Crippen molar-refractivity contribution >= 4 is 11.7 Å². The fourth-order valence-corrected chi connectivity index (χ4v) is 3.73. The molecule has 10 heteroatoms. The van der Waals surface area contributed by atoms with Crippen LogP contribution in [0.1, 0.15) is 60.2 Å². The third-order valence-corrected chi connectivity index (χ3v) is 5.31. The maximum Gasteiger partial charge on any atom is 0.258 e. The van der Waals surface area contributed by atoms with E-state index in [1.54, 1.807) is 18.7 Å². The first-order valence-corrected chi connectivity index (χ1v) is 10.1. The lowest BCUT2D eigenvalue weighted by atomic mass is 10.0. The lowest BCUT2D eigenvalue weighted by Crippen LogP contribution is -2.28. The van der Waals surface area contributed by atoms with E-state index in [4.69, 9.17) is 10.5 Å². The third-order valence-electron chi connectivity index (χ3n) is 5.31. The summed E-state index contributed by atoms with van der Waals surface area (Å²) >= 11 is 0. The number of rotatable bonds is 1. The number of nitrogens with zero attached hydrogens (tertiary/aromatic N) is 6. The number of nitrogens with two attached hydrogens (primary N) is 1. The van der Waals surface area contributed by atoms with Crippen molar-refractivity contribution in [1.29, 1.82) is 5.26 Å². The number of carbonyl (C=O) groups is 1. The molecule has 3 heterocycles. The summed E-state index contributed by atoms with van der Waals surface area (Å²) in [6.07, 6.45) is 0.706. The molecule has 0 saturated heterocycles. The van der Waals surface area contributed by atoms with Gasteiger partial charge in [-0.3, -0.25) is 9.48 Å². The Morgan fingerprint density at radius 3 is 2.81 bits per heavy atom. The second kappa shape index (κ2) is 7.92. The van der Waals surface area contributed by atoms with Crippen LogP contribution in [0.2, 0.25) is 0 Å². The summed E-state index contributed by atoms with van der Waals surface area (Å²) < 4.78 is 21.5. The molecule has 3 aromatic rings. The van der Waals surface area contributed by atoms with Crippen LogP contribution in [-0.2, 0) is 6.54 Å². The van der Waals surface area contributed by atoms with Gasteiger partial charge < -0.3 is 15.4 Å². The van der Waals surface area contributed by atoms with E-state index in [0.717, 1.165) is 0 Å². The molecule has 2 N–H and O–H groups in total. The maximum atomic E-state index is 14.0. The highest BCUT2D eigenvalue weighted by Gasteiger charge is 2.28. The van der Waals surface area contributed by atoms with E-state index in [-0.39, 0.29) is 35.8 Å². The van der Waals surface area contributed by atoms with Crippen LogP contribution in [-0.4, -0.2) is 37.6 Å². The summed E-state index contributed by atoms with van der Waals surface area (Å²) in [6.45, 7) is 5.59. The number of benzene rings is 1. The third kappa shape index (κ3) is 3.51. The zero-order chi connectivity index (χ0) is 23.2. The minimum atomic E-state index is -0.738. The van der Waals surface area contributed by atoms with Crippen LogP contribution in [0, 0.1) is 17.1 Å². The Morgan fingerprint density at radius 1 is 1.38 bits per heavy atom. The SMILES string of the molecule is CC(C)n1nc2c(c1C#N)-c1cnc(N)c(n1)O[C@H](C)c1cc(F)ccc1C(=O)N(C)C2. The van der Waals surface area contributed by atoms with Crippen molar-refractivity contribution in [2.75, 3.05) is 12.8 Å². The molecule has 0 fully saturated rings. The van der Waals surface area contributed by atoms with Crippen molar-refractivity contribution < 1.29 is 13.9 Å². The second-order valence-corrected chi connectivity index (χ2v) is 7.92. The van der Waals surface area contributed by atoms with Gasteiger partial charge in [-0.25, -0.2) is 14.4 Å². The number of nitrogen functional groups attached to an aromatic ring is 1. The van der Waals surface area contributed by atoms with Gasteiger partial charge in [-0.15, -0.1) is 0 Å². The summed E-state index contributed by atoms with van der Waals surface area (Å²) in [5.41, 5.74) is 8.22. The van der Waals surface area contributed by atoms with E-state index < -0.39 is 11.9 Å². The average molecular weight is 435 g/mol. The molecule has 0 aliphatic carbocycles. The Kier molecular flexibility index (Phi) is 5.26. The van der Waals surface area contributed by atoms with Crippen LogP contribution in [0.5, 0.6) is 5.88 Å². The Hall–Kier alpha value is -4.00. The highest BCUT2D eigenvalue weighted by Crippen LogP contribution is 2.34. The first kappa shape index (κ1) is 21.2.